The second-order valence-corrected chi connectivity index (χ2v) is 6.24. The van der Waals surface area contributed by atoms with E-state index in [0.717, 1.165) is 31.2 Å². The van der Waals surface area contributed by atoms with E-state index >= 15 is 0 Å². The van der Waals surface area contributed by atoms with Crippen molar-refractivity contribution in [2.24, 2.45) is 12.5 Å². The number of imidazole rings is 1. The van der Waals surface area contributed by atoms with Gasteiger partial charge in [-0.05, 0) is 39.5 Å². The molecule has 2 heterocycles. The fraction of sp³-hybridized carbons (Fsp3) is 0.600. The molecular weight excluding hydrogens is 266 g/mol. The molecule has 0 radical (unpaired) electrons. The van der Waals surface area contributed by atoms with Gasteiger partial charge in [-0.15, -0.1) is 0 Å². The zero-order valence-electron chi connectivity index (χ0n) is 12.6. The number of hydrogen-bond acceptors (Lipinski definition) is 4. The van der Waals surface area contributed by atoms with E-state index in [4.69, 9.17) is 0 Å². The van der Waals surface area contributed by atoms with Gasteiger partial charge >= 0.3 is 5.69 Å². The Bertz CT molecular complexity index is 787. The van der Waals surface area contributed by atoms with E-state index in [-0.39, 0.29) is 17.1 Å². The minimum Gasteiger partial charge on any atom is -0.292 e. The van der Waals surface area contributed by atoms with Gasteiger partial charge in [0, 0.05) is 13.1 Å². The molecular formula is C15H19N5O. The fourth-order valence-corrected chi connectivity index (χ4v) is 3.16. The third kappa shape index (κ3) is 2.13. The van der Waals surface area contributed by atoms with Gasteiger partial charge in [-0.3, -0.25) is 9.13 Å². The molecule has 1 aliphatic carbocycles. The summed E-state index contributed by atoms with van der Waals surface area (Å²) in [4.78, 5) is 21.2. The van der Waals surface area contributed by atoms with Crippen molar-refractivity contribution in [2.45, 2.75) is 45.6 Å². The van der Waals surface area contributed by atoms with E-state index in [1.807, 2.05) is 13.8 Å². The summed E-state index contributed by atoms with van der Waals surface area (Å²) in [6, 6.07) is 2.52. The van der Waals surface area contributed by atoms with Gasteiger partial charge in [-0.25, -0.2) is 14.8 Å². The average molecular weight is 285 g/mol. The van der Waals surface area contributed by atoms with Gasteiger partial charge in [0.2, 0.25) is 0 Å². The largest absolute Gasteiger partial charge is 0.330 e. The molecule has 1 saturated carbocycles. The highest BCUT2D eigenvalue weighted by atomic mass is 16.1. The first-order valence-electron chi connectivity index (χ1n) is 7.27. The smallest absolute Gasteiger partial charge is 0.292 e. The Morgan fingerprint density at radius 3 is 2.71 bits per heavy atom. The van der Waals surface area contributed by atoms with Crippen LogP contribution in [0.4, 0.5) is 0 Å². The molecule has 0 unspecified atom stereocenters. The quantitative estimate of drug-likeness (QED) is 0.803. The first-order valence-corrected chi connectivity index (χ1v) is 7.27. The SMILES string of the molecule is Cc1ncc2c(n1)n(C1CCC(C)(C#N)CC1)c(=O)n2C. The third-order valence-electron chi connectivity index (χ3n) is 4.65. The topological polar surface area (TPSA) is 76.5 Å². The number of aromatic nitrogens is 4. The molecule has 1 aliphatic rings. The standard InChI is InChI=1S/C15H19N5O/c1-10-17-8-12-13(18-10)20(14(21)19(12)3)11-4-6-15(2,9-16)7-5-11/h8,11H,4-7H2,1-3H3. The van der Waals surface area contributed by atoms with Gasteiger partial charge in [0.05, 0.1) is 17.7 Å². The number of fused-ring (bicyclic) bond motifs is 1. The first-order chi connectivity index (χ1) is 9.95. The molecule has 21 heavy (non-hydrogen) atoms. The van der Waals surface area contributed by atoms with Gasteiger partial charge in [-0.1, -0.05) is 0 Å². The molecule has 2 aromatic rings. The van der Waals surface area contributed by atoms with Crippen LogP contribution in [0.3, 0.4) is 0 Å². The minimum atomic E-state index is -0.254. The molecule has 0 saturated heterocycles. The molecule has 6 heteroatoms. The summed E-state index contributed by atoms with van der Waals surface area (Å²) in [6.45, 7) is 3.83. The zero-order chi connectivity index (χ0) is 15.2. The lowest BCUT2D eigenvalue weighted by Gasteiger charge is -2.32. The minimum absolute atomic E-state index is 0.0459. The van der Waals surface area contributed by atoms with Crippen LogP contribution in [0.5, 0.6) is 0 Å². The molecule has 0 N–H and O–H groups in total. The van der Waals surface area contributed by atoms with Crippen LogP contribution in [0, 0.1) is 23.7 Å². The van der Waals surface area contributed by atoms with E-state index in [2.05, 4.69) is 16.0 Å². The predicted octanol–water partition coefficient (Wildman–Crippen LogP) is 2.08. The molecule has 3 rings (SSSR count). The molecule has 1 fully saturated rings. The Labute approximate surface area is 123 Å². The van der Waals surface area contributed by atoms with Gasteiger partial charge in [0.1, 0.15) is 11.3 Å². The molecule has 0 atom stereocenters. The normalized spacial score (nSPS) is 25.9. The summed E-state index contributed by atoms with van der Waals surface area (Å²) in [5, 5.41) is 9.23. The van der Waals surface area contributed by atoms with Crippen molar-refractivity contribution < 1.29 is 0 Å². The maximum absolute atomic E-state index is 12.5. The number of aryl methyl sites for hydroxylation is 2. The van der Waals surface area contributed by atoms with E-state index in [1.54, 1.807) is 22.4 Å². The Morgan fingerprint density at radius 1 is 1.43 bits per heavy atom. The Kier molecular flexibility index (Phi) is 3.08. The lowest BCUT2D eigenvalue weighted by molar-refractivity contribution is 0.230. The lowest BCUT2D eigenvalue weighted by atomic mass is 9.75. The summed E-state index contributed by atoms with van der Waals surface area (Å²) >= 11 is 0. The molecule has 0 aliphatic heterocycles. The van der Waals surface area contributed by atoms with Crippen molar-refractivity contribution in [3.05, 3.63) is 22.5 Å². The molecule has 0 spiro atoms. The molecule has 6 nitrogen and oxygen atoms in total. The van der Waals surface area contributed by atoms with Crippen LogP contribution in [0.25, 0.3) is 11.2 Å². The second-order valence-electron chi connectivity index (χ2n) is 6.24. The van der Waals surface area contributed by atoms with Crippen molar-refractivity contribution in [3.8, 4) is 6.07 Å². The molecule has 0 aromatic carbocycles. The Morgan fingerprint density at radius 2 is 2.10 bits per heavy atom. The van der Waals surface area contributed by atoms with Crippen LogP contribution >= 0.6 is 0 Å². The molecule has 0 amide bonds. The second kappa shape index (κ2) is 4.69. The van der Waals surface area contributed by atoms with E-state index < -0.39 is 0 Å². The number of rotatable bonds is 1. The highest BCUT2D eigenvalue weighted by molar-refractivity contribution is 5.70. The fourth-order valence-electron chi connectivity index (χ4n) is 3.16. The molecule has 2 aromatic heterocycles. The van der Waals surface area contributed by atoms with Crippen molar-refractivity contribution in [3.63, 3.8) is 0 Å². The number of nitrogens with zero attached hydrogens (tertiary/aromatic N) is 5. The van der Waals surface area contributed by atoms with Crippen LogP contribution in [0.1, 0.15) is 44.5 Å². The van der Waals surface area contributed by atoms with Crippen LogP contribution < -0.4 is 5.69 Å². The van der Waals surface area contributed by atoms with Gasteiger partial charge in [0.15, 0.2) is 5.65 Å². The molecule has 110 valence electrons. The third-order valence-corrected chi connectivity index (χ3v) is 4.65. The van der Waals surface area contributed by atoms with Crippen LogP contribution in [0.2, 0.25) is 0 Å². The van der Waals surface area contributed by atoms with Crippen molar-refractivity contribution in [1.82, 2.24) is 19.1 Å². The highest BCUT2D eigenvalue weighted by Gasteiger charge is 2.33. The molecule has 0 bridgehead atoms. The summed E-state index contributed by atoms with van der Waals surface area (Å²) in [7, 11) is 1.75. The Hall–Kier alpha value is -2.16. The van der Waals surface area contributed by atoms with E-state index in [9.17, 15) is 10.1 Å². The lowest BCUT2D eigenvalue weighted by Crippen LogP contribution is -2.31. The highest BCUT2D eigenvalue weighted by Crippen LogP contribution is 2.40. The van der Waals surface area contributed by atoms with E-state index in [1.165, 1.54) is 0 Å². The number of nitriles is 1. The van der Waals surface area contributed by atoms with Gasteiger partial charge in [-0.2, -0.15) is 5.26 Å². The average Bonchev–Trinajstić information content (AvgIpc) is 2.72. The van der Waals surface area contributed by atoms with Crippen LogP contribution in [-0.4, -0.2) is 19.1 Å². The van der Waals surface area contributed by atoms with Gasteiger partial charge < -0.3 is 0 Å². The Balaban J connectivity index is 2.06. The summed E-state index contributed by atoms with van der Waals surface area (Å²) in [5.41, 5.74) is 1.17. The number of hydrogen-bond donors (Lipinski definition) is 0. The maximum Gasteiger partial charge on any atom is 0.330 e. The van der Waals surface area contributed by atoms with Crippen LogP contribution in [-0.2, 0) is 7.05 Å². The van der Waals surface area contributed by atoms with Crippen molar-refractivity contribution >= 4 is 11.2 Å². The van der Waals surface area contributed by atoms with Crippen LogP contribution in [0.15, 0.2) is 11.0 Å². The maximum atomic E-state index is 12.5. The summed E-state index contributed by atoms with van der Waals surface area (Å²) in [6.07, 6.45) is 5.03. The predicted molar refractivity (Wildman–Crippen MR) is 78.7 cm³/mol. The monoisotopic (exact) mass is 285 g/mol. The van der Waals surface area contributed by atoms with E-state index in [0.29, 0.717) is 11.5 Å². The summed E-state index contributed by atoms with van der Waals surface area (Å²) in [5.74, 6) is 0.666. The first kappa shape index (κ1) is 13.8. The van der Waals surface area contributed by atoms with Crippen molar-refractivity contribution in [1.29, 1.82) is 5.26 Å². The summed E-state index contributed by atoms with van der Waals surface area (Å²) < 4.78 is 3.40. The zero-order valence-corrected chi connectivity index (χ0v) is 12.6. The van der Waals surface area contributed by atoms with Crippen molar-refractivity contribution in [2.75, 3.05) is 0 Å². The van der Waals surface area contributed by atoms with Gasteiger partial charge in [0.25, 0.3) is 0 Å².